The number of nitrogens with one attached hydrogen (secondary N) is 1. The highest BCUT2D eigenvalue weighted by Gasteiger charge is 2.21. The molecular formula is C18H24N4O3. The standard InChI is InChI=1S/C18H24N4O3/c1-3-25-17(23)9-11-22(16-6-4-5-10-21-16)18(24)13-7-8-15(20-2)14(19)12-13/h4-8,10,12,18,20,24H,3,9,11,19H2,1-2H3. The fourth-order valence-corrected chi connectivity index (χ4v) is 2.48. The van der Waals surface area contributed by atoms with Crippen molar-refractivity contribution in [3.63, 3.8) is 0 Å². The van der Waals surface area contributed by atoms with E-state index in [1.165, 1.54) is 0 Å². The summed E-state index contributed by atoms with van der Waals surface area (Å²) in [6.07, 6.45) is 0.793. The lowest BCUT2D eigenvalue weighted by molar-refractivity contribution is -0.142. The minimum absolute atomic E-state index is 0.144. The summed E-state index contributed by atoms with van der Waals surface area (Å²) in [4.78, 5) is 17.6. The van der Waals surface area contributed by atoms with E-state index in [0.29, 0.717) is 23.7 Å². The van der Waals surface area contributed by atoms with Gasteiger partial charge in [-0.15, -0.1) is 0 Å². The van der Waals surface area contributed by atoms with E-state index in [2.05, 4.69) is 10.3 Å². The van der Waals surface area contributed by atoms with Crippen LogP contribution in [0.1, 0.15) is 25.1 Å². The molecule has 25 heavy (non-hydrogen) atoms. The third-order valence-corrected chi connectivity index (χ3v) is 3.74. The minimum atomic E-state index is -0.988. The molecule has 1 aromatic heterocycles. The molecule has 0 aliphatic carbocycles. The molecule has 1 unspecified atom stereocenters. The molecule has 0 aliphatic rings. The van der Waals surface area contributed by atoms with Gasteiger partial charge in [0.25, 0.3) is 0 Å². The van der Waals surface area contributed by atoms with Crippen molar-refractivity contribution in [3.8, 4) is 0 Å². The number of esters is 1. The summed E-state index contributed by atoms with van der Waals surface area (Å²) in [6.45, 7) is 2.35. The second kappa shape index (κ2) is 8.89. The van der Waals surface area contributed by atoms with E-state index in [9.17, 15) is 9.90 Å². The summed E-state index contributed by atoms with van der Waals surface area (Å²) in [6, 6.07) is 10.7. The number of benzene rings is 1. The largest absolute Gasteiger partial charge is 0.466 e. The third kappa shape index (κ3) is 4.84. The highest BCUT2D eigenvalue weighted by atomic mass is 16.5. The molecule has 1 atom stereocenters. The van der Waals surface area contributed by atoms with E-state index in [-0.39, 0.29) is 18.9 Å². The first-order valence-corrected chi connectivity index (χ1v) is 8.15. The van der Waals surface area contributed by atoms with Crippen LogP contribution in [0.2, 0.25) is 0 Å². The van der Waals surface area contributed by atoms with E-state index in [1.54, 1.807) is 55.4 Å². The molecule has 0 radical (unpaired) electrons. The van der Waals surface area contributed by atoms with Crippen LogP contribution in [0.25, 0.3) is 0 Å². The first-order chi connectivity index (χ1) is 12.1. The van der Waals surface area contributed by atoms with Gasteiger partial charge in [-0.25, -0.2) is 4.98 Å². The Kier molecular flexibility index (Phi) is 6.59. The highest BCUT2D eigenvalue weighted by molar-refractivity contribution is 5.70. The number of hydrogen-bond donors (Lipinski definition) is 3. The zero-order valence-corrected chi connectivity index (χ0v) is 14.5. The molecular weight excluding hydrogens is 320 g/mol. The molecule has 1 heterocycles. The van der Waals surface area contributed by atoms with Crippen molar-refractivity contribution in [3.05, 3.63) is 48.2 Å². The molecule has 2 aromatic rings. The van der Waals surface area contributed by atoms with Crippen molar-refractivity contribution in [1.29, 1.82) is 0 Å². The van der Waals surface area contributed by atoms with Crippen molar-refractivity contribution in [2.45, 2.75) is 19.6 Å². The number of aliphatic hydroxyl groups excluding tert-OH is 1. The summed E-state index contributed by atoms with van der Waals surface area (Å²) >= 11 is 0. The fraction of sp³-hybridized carbons (Fsp3) is 0.333. The highest BCUT2D eigenvalue weighted by Crippen LogP contribution is 2.28. The number of aliphatic hydroxyl groups is 1. The average Bonchev–Trinajstić information content (AvgIpc) is 2.62. The summed E-state index contributed by atoms with van der Waals surface area (Å²) in [5.41, 5.74) is 7.92. The van der Waals surface area contributed by atoms with E-state index >= 15 is 0 Å². The zero-order chi connectivity index (χ0) is 18.2. The summed E-state index contributed by atoms with van der Waals surface area (Å²) in [7, 11) is 1.78. The topological polar surface area (TPSA) is 101 Å². The second-order valence-electron chi connectivity index (χ2n) is 5.41. The predicted octanol–water partition coefficient (Wildman–Crippen LogP) is 2.16. The molecule has 2 rings (SSSR count). The Morgan fingerprint density at radius 3 is 2.80 bits per heavy atom. The zero-order valence-electron chi connectivity index (χ0n) is 14.5. The number of hydrogen-bond acceptors (Lipinski definition) is 7. The third-order valence-electron chi connectivity index (χ3n) is 3.74. The van der Waals surface area contributed by atoms with E-state index in [0.717, 1.165) is 5.69 Å². The lowest BCUT2D eigenvalue weighted by atomic mass is 10.1. The molecule has 134 valence electrons. The van der Waals surface area contributed by atoms with Crippen LogP contribution in [0.4, 0.5) is 17.2 Å². The Morgan fingerprint density at radius 2 is 2.20 bits per heavy atom. The molecule has 0 aliphatic heterocycles. The van der Waals surface area contributed by atoms with Gasteiger partial charge < -0.3 is 25.8 Å². The first kappa shape index (κ1) is 18.5. The average molecular weight is 344 g/mol. The Morgan fingerprint density at radius 1 is 1.40 bits per heavy atom. The molecule has 7 nitrogen and oxygen atoms in total. The van der Waals surface area contributed by atoms with Gasteiger partial charge in [0.1, 0.15) is 5.82 Å². The number of nitrogens with two attached hydrogens (primary N) is 1. The monoisotopic (exact) mass is 344 g/mol. The number of pyridine rings is 1. The lowest BCUT2D eigenvalue weighted by Gasteiger charge is -2.29. The van der Waals surface area contributed by atoms with Crippen molar-refractivity contribution in [2.75, 3.05) is 36.1 Å². The first-order valence-electron chi connectivity index (χ1n) is 8.15. The maximum atomic E-state index is 11.7. The van der Waals surface area contributed by atoms with Gasteiger partial charge >= 0.3 is 5.97 Å². The van der Waals surface area contributed by atoms with Gasteiger partial charge in [-0.1, -0.05) is 12.1 Å². The van der Waals surface area contributed by atoms with E-state index in [1.807, 2.05) is 6.07 Å². The number of nitrogens with zero attached hydrogens (tertiary/aromatic N) is 2. The molecule has 0 fully saturated rings. The smallest absolute Gasteiger partial charge is 0.307 e. The molecule has 0 spiro atoms. The van der Waals surface area contributed by atoms with Crippen LogP contribution in [-0.4, -0.2) is 36.3 Å². The predicted molar refractivity (Wildman–Crippen MR) is 98.2 cm³/mol. The molecule has 0 bridgehead atoms. The Hall–Kier alpha value is -2.80. The van der Waals surface area contributed by atoms with E-state index < -0.39 is 6.23 Å². The van der Waals surface area contributed by atoms with Crippen LogP contribution in [0.3, 0.4) is 0 Å². The number of ether oxygens (including phenoxy) is 1. The number of carbonyl (C=O) groups excluding carboxylic acids is 1. The van der Waals surface area contributed by atoms with Gasteiger partial charge in [-0.2, -0.15) is 0 Å². The molecule has 7 heteroatoms. The Bertz CT molecular complexity index is 694. The summed E-state index contributed by atoms with van der Waals surface area (Å²) < 4.78 is 4.97. The molecule has 1 aromatic carbocycles. The minimum Gasteiger partial charge on any atom is -0.466 e. The number of carbonyl (C=O) groups is 1. The number of rotatable bonds is 8. The van der Waals surface area contributed by atoms with Crippen molar-refractivity contribution < 1.29 is 14.6 Å². The van der Waals surface area contributed by atoms with Gasteiger partial charge in [-0.3, -0.25) is 4.79 Å². The van der Waals surface area contributed by atoms with Gasteiger partial charge in [0.05, 0.1) is 24.4 Å². The lowest BCUT2D eigenvalue weighted by Crippen LogP contribution is -2.32. The summed E-state index contributed by atoms with van der Waals surface area (Å²) in [5, 5.41) is 13.8. The van der Waals surface area contributed by atoms with Crippen LogP contribution < -0.4 is 16.0 Å². The van der Waals surface area contributed by atoms with Crippen LogP contribution in [-0.2, 0) is 9.53 Å². The molecule has 0 saturated carbocycles. The fourth-order valence-electron chi connectivity index (χ4n) is 2.48. The normalized spacial score (nSPS) is 11.6. The number of nitrogen functional groups attached to an aromatic ring is 1. The van der Waals surface area contributed by atoms with Crippen molar-refractivity contribution >= 4 is 23.2 Å². The SMILES string of the molecule is CCOC(=O)CCN(c1ccccn1)C(O)c1ccc(NC)c(N)c1. The van der Waals surface area contributed by atoms with Crippen LogP contribution in [0, 0.1) is 0 Å². The van der Waals surface area contributed by atoms with Gasteiger partial charge in [0, 0.05) is 25.4 Å². The second-order valence-corrected chi connectivity index (χ2v) is 5.41. The maximum absolute atomic E-state index is 11.7. The Balaban J connectivity index is 2.24. The Labute approximate surface area is 147 Å². The molecule has 0 saturated heterocycles. The number of anilines is 3. The van der Waals surface area contributed by atoms with Crippen molar-refractivity contribution in [1.82, 2.24) is 4.98 Å². The molecule has 4 N–H and O–H groups in total. The maximum Gasteiger partial charge on any atom is 0.307 e. The van der Waals surface area contributed by atoms with Crippen LogP contribution in [0.5, 0.6) is 0 Å². The van der Waals surface area contributed by atoms with Gasteiger partial charge in [0.2, 0.25) is 0 Å². The van der Waals surface area contributed by atoms with Crippen molar-refractivity contribution in [2.24, 2.45) is 0 Å². The van der Waals surface area contributed by atoms with Crippen LogP contribution in [0.15, 0.2) is 42.6 Å². The number of aromatic nitrogens is 1. The quantitative estimate of drug-likeness (QED) is 0.383. The van der Waals surface area contributed by atoms with Gasteiger partial charge in [-0.05, 0) is 31.2 Å². The summed E-state index contributed by atoms with van der Waals surface area (Å²) in [5.74, 6) is 0.247. The van der Waals surface area contributed by atoms with Gasteiger partial charge in [0.15, 0.2) is 6.23 Å². The van der Waals surface area contributed by atoms with E-state index in [4.69, 9.17) is 10.5 Å². The van der Waals surface area contributed by atoms with Crippen LogP contribution >= 0.6 is 0 Å². The molecule has 0 amide bonds.